The number of aromatic nitrogens is 1. The molecule has 0 atom stereocenters. The summed E-state index contributed by atoms with van der Waals surface area (Å²) in [6.07, 6.45) is 3.16. The molecule has 1 amide bonds. The molecule has 1 aliphatic rings. The lowest BCUT2D eigenvalue weighted by molar-refractivity contribution is -0.117. The standard InChI is InChI=1S/C15H15N3O5S/c1-9-3-10(11-4-12(23-2)7-16-6-11)5-13(19)15(9)18-8-14(20)17-24(18,21)22/h3-7,19H,8H2,1-2H3,(H,17,20). The van der Waals surface area contributed by atoms with E-state index in [2.05, 4.69) is 4.98 Å². The zero-order valence-corrected chi connectivity index (χ0v) is 13.8. The van der Waals surface area contributed by atoms with E-state index in [1.54, 1.807) is 31.5 Å². The molecule has 1 fully saturated rings. The van der Waals surface area contributed by atoms with Crippen LogP contribution in [0.4, 0.5) is 5.69 Å². The van der Waals surface area contributed by atoms with Crippen molar-refractivity contribution in [2.45, 2.75) is 6.92 Å². The average Bonchev–Trinajstić information content (AvgIpc) is 2.79. The Morgan fingerprint density at radius 1 is 1.25 bits per heavy atom. The number of nitrogens with zero attached hydrogens (tertiary/aromatic N) is 2. The molecular formula is C15H15N3O5S. The summed E-state index contributed by atoms with van der Waals surface area (Å²) in [7, 11) is -2.46. The molecule has 9 heteroatoms. The monoisotopic (exact) mass is 349 g/mol. The van der Waals surface area contributed by atoms with Crippen LogP contribution in [-0.2, 0) is 15.0 Å². The summed E-state index contributed by atoms with van der Waals surface area (Å²) in [5.74, 6) is -0.326. The van der Waals surface area contributed by atoms with Crippen molar-refractivity contribution in [1.82, 2.24) is 9.71 Å². The Hall–Kier alpha value is -2.81. The lowest BCUT2D eigenvalue weighted by Crippen LogP contribution is -2.30. The first-order chi connectivity index (χ1) is 11.3. The first-order valence-corrected chi connectivity index (χ1v) is 8.42. The Kier molecular flexibility index (Phi) is 3.80. The number of amides is 1. The van der Waals surface area contributed by atoms with Gasteiger partial charge >= 0.3 is 10.2 Å². The molecule has 0 aliphatic carbocycles. The molecule has 1 saturated heterocycles. The van der Waals surface area contributed by atoms with Crippen molar-refractivity contribution >= 4 is 21.8 Å². The second-order valence-corrected chi connectivity index (χ2v) is 6.91. The van der Waals surface area contributed by atoms with Gasteiger partial charge < -0.3 is 9.84 Å². The summed E-state index contributed by atoms with van der Waals surface area (Å²) in [5, 5.41) is 10.3. The maximum atomic E-state index is 12.0. The van der Waals surface area contributed by atoms with E-state index in [1.807, 2.05) is 4.72 Å². The number of phenols is 1. The number of pyridine rings is 1. The van der Waals surface area contributed by atoms with Gasteiger partial charge in [-0.1, -0.05) is 0 Å². The van der Waals surface area contributed by atoms with Gasteiger partial charge in [0.25, 0.3) is 5.91 Å². The molecule has 2 aromatic rings. The number of benzene rings is 1. The Morgan fingerprint density at radius 2 is 2.00 bits per heavy atom. The quantitative estimate of drug-likeness (QED) is 0.854. The van der Waals surface area contributed by atoms with Crippen LogP contribution in [0, 0.1) is 6.92 Å². The van der Waals surface area contributed by atoms with Crippen LogP contribution in [0.5, 0.6) is 11.5 Å². The Bertz CT molecular complexity index is 903. The zero-order chi connectivity index (χ0) is 17.5. The molecule has 3 rings (SSSR count). The van der Waals surface area contributed by atoms with Crippen LogP contribution in [-0.4, -0.2) is 38.1 Å². The van der Waals surface area contributed by atoms with Crippen molar-refractivity contribution < 1.29 is 23.1 Å². The second kappa shape index (κ2) is 5.68. The number of methoxy groups -OCH3 is 1. The highest BCUT2D eigenvalue weighted by Gasteiger charge is 2.36. The summed E-state index contributed by atoms with van der Waals surface area (Å²) in [5.41, 5.74) is 1.94. The minimum atomic E-state index is -3.98. The maximum absolute atomic E-state index is 12.0. The molecule has 1 aliphatic heterocycles. The van der Waals surface area contributed by atoms with Crippen LogP contribution in [0.15, 0.2) is 30.6 Å². The Morgan fingerprint density at radius 3 is 2.58 bits per heavy atom. The molecule has 126 valence electrons. The lowest BCUT2D eigenvalue weighted by atomic mass is 10.0. The Labute approximate surface area is 138 Å². The van der Waals surface area contributed by atoms with Crippen LogP contribution in [0.25, 0.3) is 11.1 Å². The number of rotatable bonds is 3. The fourth-order valence-electron chi connectivity index (χ4n) is 2.59. The van der Waals surface area contributed by atoms with Gasteiger partial charge in [-0.05, 0) is 36.2 Å². The van der Waals surface area contributed by atoms with Crippen molar-refractivity contribution in [3.05, 3.63) is 36.2 Å². The summed E-state index contributed by atoms with van der Waals surface area (Å²) in [6, 6.07) is 4.89. The number of phenolic OH excluding ortho intramolecular Hbond substituents is 1. The first-order valence-electron chi connectivity index (χ1n) is 6.98. The highest BCUT2D eigenvalue weighted by atomic mass is 32.2. The number of nitrogens with one attached hydrogen (secondary N) is 1. The number of ether oxygens (including phenoxy) is 1. The van der Waals surface area contributed by atoms with Gasteiger partial charge in [-0.15, -0.1) is 0 Å². The molecule has 0 bridgehead atoms. The third-order valence-corrected chi connectivity index (χ3v) is 5.01. The van der Waals surface area contributed by atoms with Crippen molar-refractivity contribution in [2.75, 3.05) is 18.0 Å². The Balaban J connectivity index is 2.08. The number of carbonyl (C=O) groups excluding carboxylic acids is 1. The third kappa shape index (κ3) is 2.73. The summed E-state index contributed by atoms with van der Waals surface area (Å²) >= 11 is 0. The predicted molar refractivity (Wildman–Crippen MR) is 87.0 cm³/mol. The van der Waals surface area contributed by atoms with Crippen LogP contribution in [0.1, 0.15) is 5.56 Å². The summed E-state index contributed by atoms with van der Waals surface area (Å²) in [6.45, 7) is 1.29. The van der Waals surface area contributed by atoms with E-state index < -0.39 is 16.1 Å². The van der Waals surface area contributed by atoms with Crippen LogP contribution >= 0.6 is 0 Å². The largest absolute Gasteiger partial charge is 0.506 e. The molecule has 0 spiro atoms. The minimum Gasteiger partial charge on any atom is -0.506 e. The topological polar surface area (TPSA) is 109 Å². The van der Waals surface area contributed by atoms with Gasteiger partial charge in [0, 0.05) is 11.8 Å². The van der Waals surface area contributed by atoms with Crippen LogP contribution < -0.4 is 13.8 Å². The SMILES string of the molecule is COc1cncc(-c2cc(C)c(N3CC(=O)NS3(=O)=O)c(O)c2)c1. The first kappa shape index (κ1) is 16.1. The molecule has 24 heavy (non-hydrogen) atoms. The van der Waals surface area contributed by atoms with Gasteiger partial charge in [0.2, 0.25) is 0 Å². The van der Waals surface area contributed by atoms with Crippen LogP contribution in [0.2, 0.25) is 0 Å². The molecule has 2 N–H and O–H groups in total. The molecule has 0 unspecified atom stereocenters. The zero-order valence-electron chi connectivity index (χ0n) is 13.0. The third-order valence-electron chi connectivity index (χ3n) is 3.63. The minimum absolute atomic E-state index is 0.0768. The average molecular weight is 349 g/mol. The summed E-state index contributed by atoms with van der Waals surface area (Å²) < 4.78 is 31.8. The molecular weight excluding hydrogens is 334 g/mol. The van der Waals surface area contributed by atoms with E-state index in [9.17, 15) is 18.3 Å². The van der Waals surface area contributed by atoms with E-state index in [0.717, 1.165) is 4.31 Å². The maximum Gasteiger partial charge on any atom is 0.326 e. The number of hydrogen-bond donors (Lipinski definition) is 2. The molecule has 0 radical (unpaired) electrons. The smallest absolute Gasteiger partial charge is 0.326 e. The molecule has 8 nitrogen and oxygen atoms in total. The van der Waals surface area contributed by atoms with Crippen molar-refractivity contribution in [2.24, 2.45) is 0 Å². The number of hydrogen-bond acceptors (Lipinski definition) is 6. The van der Waals surface area contributed by atoms with Crippen molar-refractivity contribution in [1.29, 1.82) is 0 Å². The van der Waals surface area contributed by atoms with Gasteiger partial charge in [0.1, 0.15) is 18.0 Å². The summed E-state index contributed by atoms with van der Waals surface area (Å²) in [4.78, 5) is 15.4. The van der Waals surface area contributed by atoms with Gasteiger partial charge in [-0.3, -0.25) is 9.78 Å². The predicted octanol–water partition coefficient (Wildman–Crippen LogP) is 0.952. The second-order valence-electron chi connectivity index (χ2n) is 5.31. The van der Waals surface area contributed by atoms with Crippen LogP contribution in [0.3, 0.4) is 0 Å². The fraction of sp³-hybridized carbons (Fsp3) is 0.200. The van der Waals surface area contributed by atoms with Gasteiger partial charge in [-0.25, -0.2) is 9.03 Å². The number of anilines is 1. The normalized spacial score (nSPS) is 16.1. The van der Waals surface area contributed by atoms with Crippen molar-refractivity contribution in [3.63, 3.8) is 0 Å². The van der Waals surface area contributed by atoms with E-state index in [4.69, 9.17) is 4.74 Å². The number of carbonyl (C=O) groups is 1. The molecule has 1 aromatic carbocycles. The highest BCUT2D eigenvalue weighted by Crippen LogP contribution is 2.38. The van der Waals surface area contributed by atoms with Crippen molar-refractivity contribution in [3.8, 4) is 22.6 Å². The number of aromatic hydroxyl groups is 1. The molecule has 0 saturated carbocycles. The van der Waals surface area contributed by atoms with E-state index >= 15 is 0 Å². The van der Waals surface area contributed by atoms with E-state index in [1.165, 1.54) is 13.2 Å². The van der Waals surface area contributed by atoms with Gasteiger partial charge in [-0.2, -0.15) is 8.42 Å². The fourth-order valence-corrected chi connectivity index (χ4v) is 3.81. The van der Waals surface area contributed by atoms with Gasteiger partial charge in [0.05, 0.1) is 19.0 Å². The molecule has 1 aromatic heterocycles. The van der Waals surface area contributed by atoms with E-state index in [0.29, 0.717) is 22.4 Å². The number of aryl methyl sites for hydroxylation is 1. The highest BCUT2D eigenvalue weighted by molar-refractivity contribution is 7.92. The molecule has 2 heterocycles. The van der Waals surface area contributed by atoms with E-state index in [-0.39, 0.29) is 18.0 Å². The lowest BCUT2D eigenvalue weighted by Gasteiger charge is -2.19. The van der Waals surface area contributed by atoms with Gasteiger partial charge in [0.15, 0.2) is 0 Å².